The van der Waals surface area contributed by atoms with Crippen molar-refractivity contribution in [2.45, 2.75) is 46.5 Å². The first-order valence-electron chi connectivity index (χ1n) is 9.52. The van der Waals surface area contributed by atoms with Gasteiger partial charge in [0, 0.05) is 11.8 Å². The van der Waals surface area contributed by atoms with Crippen molar-refractivity contribution in [2.24, 2.45) is 0 Å². The number of hydrogen-bond donors (Lipinski definition) is 1. The number of rotatable bonds is 7. The Morgan fingerprint density at radius 1 is 1.17 bits per heavy atom. The number of nitrogens with one attached hydrogen (secondary N) is 1. The highest BCUT2D eigenvalue weighted by atomic mass is 32.1. The van der Waals surface area contributed by atoms with E-state index in [1.807, 2.05) is 19.9 Å². The predicted octanol–water partition coefficient (Wildman–Crippen LogP) is 5.40. The minimum atomic E-state index is -0.194. The molecule has 0 radical (unpaired) electrons. The Bertz CT molecular complexity index is 1150. The van der Waals surface area contributed by atoms with Gasteiger partial charge < -0.3 is 4.42 Å². The molecule has 1 amide bonds. The summed E-state index contributed by atoms with van der Waals surface area (Å²) >= 11 is 2.79. The third-order valence-corrected chi connectivity index (χ3v) is 6.68. The second kappa shape index (κ2) is 8.38. The number of aryl methyl sites for hydroxylation is 3. The van der Waals surface area contributed by atoms with Gasteiger partial charge in [-0.3, -0.25) is 10.1 Å². The quantitative estimate of drug-likeness (QED) is 0.397. The maximum absolute atomic E-state index is 12.9. The normalized spacial score (nSPS) is 11.3. The molecule has 0 bridgehead atoms. The van der Waals surface area contributed by atoms with E-state index < -0.39 is 0 Å². The van der Waals surface area contributed by atoms with E-state index >= 15 is 0 Å². The van der Waals surface area contributed by atoms with Crippen LogP contribution in [0.2, 0.25) is 0 Å². The fraction of sp³-hybridized carbons (Fsp3) is 0.350. The summed E-state index contributed by atoms with van der Waals surface area (Å²) in [6.45, 7) is 6.01. The van der Waals surface area contributed by atoms with E-state index in [1.54, 1.807) is 12.3 Å². The Hall–Kier alpha value is -2.65. The maximum atomic E-state index is 12.9. The van der Waals surface area contributed by atoms with Crippen LogP contribution in [0.25, 0.3) is 21.8 Å². The minimum absolute atomic E-state index is 0.194. The molecule has 0 aliphatic carbocycles. The maximum Gasteiger partial charge on any atom is 0.267 e. The highest BCUT2D eigenvalue weighted by Gasteiger charge is 2.21. The molecule has 0 atom stereocenters. The highest BCUT2D eigenvalue weighted by molar-refractivity contribution is 7.21. The second-order valence-corrected chi connectivity index (χ2v) is 8.82. The fourth-order valence-electron chi connectivity index (χ4n) is 3.16. The molecule has 150 valence electrons. The monoisotopic (exact) mass is 427 g/mol. The van der Waals surface area contributed by atoms with Crippen LogP contribution >= 0.6 is 22.7 Å². The average molecular weight is 428 g/mol. The Morgan fingerprint density at radius 2 is 2.03 bits per heavy atom. The van der Waals surface area contributed by atoms with Crippen LogP contribution in [0.3, 0.4) is 0 Å². The van der Waals surface area contributed by atoms with Gasteiger partial charge in [0.05, 0.1) is 16.8 Å². The van der Waals surface area contributed by atoms with E-state index in [1.165, 1.54) is 29.1 Å². The van der Waals surface area contributed by atoms with Crippen LogP contribution in [0, 0.1) is 13.8 Å². The molecular weight excluding hydrogens is 406 g/mol. The number of carbonyl (C=O) groups excluding carboxylic acids is 1. The van der Waals surface area contributed by atoms with E-state index in [-0.39, 0.29) is 5.91 Å². The summed E-state index contributed by atoms with van der Waals surface area (Å²) in [5.74, 6) is 0.936. The largest absolute Gasteiger partial charge is 0.461 e. The topological polar surface area (TPSA) is 93.8 Å². The van der Waals surface area contributed by atoms with Crippen molar-refractivity contribution in [3.05, 3.63) is 39.5 Å². The van der Waals surface area contributed by atoms with Gasteiger partial charge in [-0.25, -0.2) is 9.97 Å². The standard InChI is InChI=1S/C20H21N5O2S2/c1-4-5-6-9-14-24-25-20(28-14)23-18(26)16-11(2)15-12(3)21-17(22-19(15)29-16)13-8-7-10-27-13/h7-8,10H,4-6,9H2,1-3H3,(H,23,25,26). The SMILES string of the molecule is CCCCCc1nnc(NC(=O)c2sc3nc(-c4ccco4)nc(C)c3c2C)s1. The molecule has 1 N–H and O–H groups in total. The molecule has 4 aromatic heterocycles. The highest BCUT2D eigenvalue weighted by Crippen LogP contribution is 2.33. The third-order valence-electron chi connectivity index (χ3n) is 4.60. The minimum Gasteiger partial charge on any atom is -0.461 e. The van der Waals surface area contributed by atoms with Crippen molar-refractivity contribution in [3.63, 3.8) is 0 Å². The van der Waals surface area contributed by atoms with Crippen molar-refractivity contribution >= 4 is 43.9 Å². The summed E-state index contributed by atoms with van der Waals surface area (Å²) < 4.78 is 5.41. The number of nitrogens with zero attached hydrogens (tertiary/aromatic N) is 4. The predicted molar refractivity (Wildman–Crippen MR) is 116 cm³/mol. The van der Waals surface area contributed by atoms with Crippen LogP contribution in [0.5, 0.6) is 0 Å². The van der Waals surface area contributed by atoms with Gasteiger partial charge in [-0.05, 0) is 38.0 Å². The fourth-order valence-corrected chi connectivity index (χ4v) is 5.06. The first-order chi connectivity index (χ1) is 14.1. The molecule has 0 spiro atoms. The summed E-state index contributed by atoms with van der Waals surface area (Å²) in [5, 5.41) is 13.6. The third kappa shape index (κ3) is 4.06. The molecule has 0 aromatic carbocycles. The number of carbonyl (C=O) groups is 1. The van der Waals surface area contributed by atoms with Gasteiger partial charge in [-0.2, -0.15) is 0 Å². The molecule has 4 rings (SSSR count). The zero-order chi connectivity index (χ0) is 20.4. The van der Waals surface area contributed by atoms with Gasteiger partial charge in [-0.1, -0.05) is 31.1 Å². The Labute approximate surface area is 176 Å². The first kappa shape index (κ1) is 19.7. The number of thiophene rings is 1. The molecule has 4 heterocycles. The molecule has 0 saturated carbocycles. The number of furan rings is 1. The Kier molecular flexibility index (Phi) is 5.68. The first-order valence-corrected chi connectivity index (χ1v) is 11.2. The molecular formula is C20H21N5O2S2. The number of anilines is 1. The number of aromatic nitrogens is 4. The van der Waals surface area contributed by atoms with Crippen molar-refractivity contribution in [3.8, 4) is 11.6 Å². The van der Waals surface area contributed by atoms with E-state index in [4.69, 9.17) is 4.42 Å². The number of fused-ring (bicyclic) bond motifs is 1. The molecule has 7 nitrogen and oxygen atoms in total. The molecule has 0 saturated heterocycles. The lowest BCUT2D eigenvalue weighted by atomic mass is 10.1. The lowest BCUT2D eigenvalue weighted by Gasteiger charge is -2.01. The van der Waals surface area contributed by atoms with Crippen LogP contribution in [-0.2, 0) is 6.42 Å². The lowest BCUT2D eigenvalue weighted by Crippen LogP contribution is -2.11. The summed E-state index contributed by atoms with van der Waals surface area (Å²) in [6.07, 6.45) is 5.91. The Morgan fingerprint density at radius 3 is 2.79 bits per heavy atom. The molecule has 29 heavy (non-hydrogen) atoms. The Balaban J connectivity index is 1.58. The van der Waals surface area contributed by atoms with Crippen LogP contribution in [0.15, 0.2) is 22.8 Å². The number of amides is 1. The average Bonchev–Trinajstić information content (AvgIpc) is 3.43. The van der Waals surface area contributed by atoms with Crippen LogP contribution in [-0.4, -0.2) is 26.1 Å². The van der Waals surface area contributed by atoms with Gasteiger partial charge in [0.25, 0.3) is 5.91 Å². The van der Waals surface area contributed by atoms with Crippen molar-refractivity contribution in [1.82, 2.24) is 20.2 Å². The van der Waals surface area contributed by atoms with E-state index in [9.17, 15) is 4.79 Å². The lowest BCUT2D eigenvalue weighted by molar-refractivity contribution is 0.103. The summed E-state index contributed by atoms with van der Waals surface area (Å²) in [6, 6.07) is 3.62. The summed E-state index contributed by atoms with van der Waals surface area (Å²) in [5.41, 5.74) is 1.70. The van der Waals surface area contributed by atoms with Gasteiger partial charge in [0.1, 0.15) is 9.84 Å². The molecule has 4 aromatic rings. The van der Waals surface area contributed by atoms with Crippen molar-refractivity contribution in [2.75, 3.05) is 5.32 Å². The number of unbranched alkanes of at least 4 members (excludes halogenated alkanes) is 2. The zero-order valence-corrected chi connectivity index (χ0v) is 18.1. The summed E-state index contributed by atoms with van der Waals surface area (Å²) in [4.78, 5) is 23.4. The van der Waals surface area contributed by atoms with Crippen LogP contribution in [0.1, 0.15) is 52.1 Å². The van der Waals surface area contributed by atoms with Gasteiger partial charge >= 0.3 is 0 Å². The second-order valence-electron chi connectivity index (χ2n) is 6.76. The van der Waals surface area contributed by atoms with Crippen LogP contribution in [0.4, 0.5) is 5.13 Å². The van der Waals surface area contributed by atoms with E-state index in [2.05, 4.69) is 32.4 Å². The molecule has 0 fully saturated rings. The van der Waals surface area contributed by atoms with Crippen LogP contribution < -0.4 is 5.32 Å². The molecule has 0 unspecified atom stereocenters. The zero-order valence-electron chi connectivity index (χ0n) is 16.5. The van der Waals surface area contributed by atoms with Crippen molar-refractivity contribution in [1.29, 1.82) is 0 Å². The van der Waals surface area contributed by atoms with Gasteiger partial charge in [0.2, 0.25) is 5.13 Å². The van der Waals surface area contributed by atoms with E-state index in [0.717, 1.165) is 45.7 Å². The molecule has 0 aliphatic rings. The van der Waals surface area contributed by atoms with E-state index in [0.29, 0.717) is 21.6 Å². The summed E-state index contributed by atoms with van der Waals surface area (Å²) in [7, 11) is 0. The van der Waals surface area contributed by atoms with Gasteiger partial charge in [0.15, 0.2) is 11.6 Å². The smallest absolute Gasteiger partial charge is 0.267 e. The van der Waals surface area contributed by atoms with Gasteiger partial charge in [-0.15, -0.1) is 21.5 Å². The number of hydrogen-bond acceptors (Lipinski definition) is 8. The van der Waals surface area contributed by atoms with Crippen molar-refractivity contribution < 1.29 is 9.21 Å². The molecule has 9 heteroatoms. The molecule has 0 aliphatic heterocycles.